The monoisotopic (exact) mass is 369 g/mol. The lowest BCUT2D eigenvalue weighted by Gasteiger charge is -2.33. The molecular weight excluding hydrogens is 342 g/mol. The van der Waals surface area contributed by atoms with Crippen LogP contribution in [0.15, 0.2) is 24.3 Å². The van der Waals surface area contributed by atoms with E-state index in [9.17, 15) is 4.79 Å². The molecule has 5 heteroatoms. The third kappa shape index (κ3) is 4.08. The molecular formula is C21H27N3OS. The van der Waals surface area contributed by atoms with E-state index in [0.29, 0.717) is 12.5 Å². The SMILES string of the molecule is C#CC(CC)(CC)NC(=O)CN1CCC[C@H](c2nc3ccccc3s2)C1. The summed E-state index contributed by atoms with van der Waals surface area (Å²) in [4.78, 5) is 19.6. The maximum Gasteiger partial charge on any atom is 0.235 e. The Morgan fingerprint density at radius 3 is 2.88 bits per heavy atom. The van der Waals surface area contributed by atoms with Gasteiger partial charge in [-0.3, -0.25) is 9.69 Å². The van der Waals surface area contributed by atoms with Crippen molar-refractivity contribution in [2.45, 2.75) is 51.0 Å². The van der Waals surface area contributed by atoms with E-state index in [2.05, 4.69) is 34.3 Å². The number of para-hydroxylation sites is 1. The number of amides is 1. The zero-order valence-corrected chi connectivity index (χ0v) is 16.4. The highest BCUT2D eigenvalue weighted by Crippen LogP contribution is 2.32. The molecule has 1 N–H and O–H groups in total. The topological polar surface area (TPSA) is 45.2 Å². The van der Waals surface area contributed by atoms with Crippen molar-refractivity contribution in [1.29, 1.82) is 0 Å². The quantitative estimate of drug-likeness (QED) is 0.788. The van der Waals surface area contributed by atoms with Crippen LogP contribution >= 0.6 is 11.3 Å². The number of rotatable bonds is 6. The Labute approximate surface area is 160 Å². The van der Waals surface area contributed by atoms with Gasteiger partial charge < -0.3 is 5.32 Å². The van der Waals surface area contributed by atoms with Gasteiger partial charge in [-0.25, -0.2) is 4.98 Å². The molecule has 1 fully saturated rings. The zero-order valence-electron chi connectivity index (χ0n) is 15.6. The van der Waals surface area contributed by atoms with Gasteiger partial charge >= 0.3 is 0 Å². The Kier molecular flexibility index (Phi) is 5.95. The Hall–Kier alpha value is -1.90. The van der Waals surface area contributed by atoms with Gasteiger partial charge in [-0.15, -0.1) is 17.8 Å². The van der Waals surface area contributed by atoms with E-state index in [4.69, 9.17) is 11.4 Å². The molecule has 26 heavy (non-hydrogen) atoms. The average molecular weight is 370 g/mol. The van der Waals surface area contributed by atoms with Crippen LogP contribution in [0.25, 0.3) is 10.2 Å². The number of piperidine rings is 1. The van der Waals surface area contributed by atoms with E-state index in [-0.39, 0.29) is 5.91 Å². The van der Waals surface area contributed by atoms with E-state index >= 15 is 0 Å². The Bertz CT molecular complexity index is 770. The smallest absolute Gasteiger partial charge is 0.235 e. The second-order valence-electron chi connectivity index (χ2n) is 7.08. The largest absolute Gasteiger partial charge is 0.339 e. The minimum Gasteiger partial charge on any atom is -0.339 e. The number of nitrogens with zero attached hydrogens (tertiary/aromatic N) is 2. The first kappa shape index (κ1) is 18.9. The molecule has 1 aliphatic rings. The lowest BCUT2D eigenvalue weighted by atomic mass is 9.94. The molecule has 0 spiro atoms. The summed E-state index contributed by atoms with van der Waals surface area (Å²) in [5.74, 6) is 3.20. The number of terminal acetylenes is 1. The fraction of sp³-hybridized carbons (Fsp3) is 0.524. The van der Waals surface area contributed by atoms with Gasteiger partial charge in [0.25, 0.3) is 0 Å². The summed E-state index contributed by atoms with van der Waals surface area (Å²) in [6, 6.07) is 8.28. The van der Waals surface area contributed by atoms with Crippen LogP contribution < -0.4 is 5.32 Å². The maximum atomic E-state index is 12.5. The predicted octanol–water partition coefficient (Wildman–Crippen LogP) is 3.78. The Morgan fingerprint density at radius 2 is 2.19 bits per heavy atom. The maximum absolute atomic E-state index is 12.5. The molecule has 1 aliphatic heterocycles. The number of benzene rings is 1. The zero-order chi connectivity index (χ0) is 18.6. The highest BCUT2D eigenvalue weighted by Gasteiger charge is 2.29. The number of nitrogens with one attached hydrogen (secondary N) is 1. The van der Waals surface area contributed by atoms with Gasteiger partial charge in [0.15, 0.2) is 0 Å². The summed E-state index contributed by atoms with van der Waals surface area (Å²) >= 11 is 1.78. The molecule has 1 aromatic heterocycles. The first-order chi connectivity index (χ1) is 12.6. The van der Waals surface area contributed by atoms with Gasteiger partial charge in [-0.05, 0) is 44.4 Å². The summed E-state index contributed by atoms with van der Waals surface area (Å²) < 4.78 is 1.24. The lowest BCUT2D eigenvalue weighted by Crippen LogP contribution is -2.51. The van der Waals surface area contributed by atoms with Gasteiger partial charge in [0.1, 0.15) is 5.54 Å². The van der Waals surface area contributed by atoms with E-state index < -0.39 is 5.54 Å². The molecule has 1 aromatic carbocycles. The summed E-state index contributed by atoms with van der Waals surface area (Å²) in [5, 5.41) is 4.26. The van der Waals surface area contributed by atoms with Crippen LogP contribution in [0, 0.1) is 12.3 Å². The molecule has 0 aliphatic carbocycles. The van der Waals surface area contributed by atoms with Crippen LogP contribution in [0.5, 0.6) is 0 Å². The van der Waals surface area contributed by atoms with E-state index in [1.807, 2.05) is 19.9 Å². The molecule has 3 rings (SSSR count). The highest BCUT2D eigenvalue weighted by atomic mass is 32.1. The molecule has 2 aromatic rings. The third-order valence-electron chi connectivity index (χ3n) is 5.39. The van der Waals surface area contributed by atoms with Crippen molar-refractivity contribution in [2.75, 3.05) is 19.6 Å². The lowest BCUT2D eigenvalue weighted by molar-refractivity contribution is -0.124. The first-order valence-electron chi connectivity index (χ1n) is 9.45. The van der Waals surface area contributed by atoms with Crippen LogP contribution in [0.2, 0.25) is 0 Å². The average Bonchev–Trinajstić information content (AvgIpc) is 3.11. The van der Waals surface area contributed by atoms with Crippen LogP contribution in [0.1, 0.15) is 50.5 Å². The van der Waals surface area contributed by atoms with Crippen molar-refractivity contribution < 1.29 is 4.79 Å². The molecule has 1 atom stereocenters. The van der Waals surface area contributed by atoms with Crippen LogP contribution in [-0.2, 0) is 4.79 Å². The number of thiazole rings is 1. The van der Waals surface area contributed by atoms with Gasteiger partial charge in [-0.2, -0.15) is 0 Å². The predicted molar refractivity (Wildman–Crippen MR) is 108 cm³/mol. The minimum atomic E-state index is -0.515. The summed E-state index contributed by atoms with van der Waals surface area (Å²) in [6.45, 7) is 6.29. The number of carbonyl (C=O) groups is 1. The molecule has 0 saturated carbocycles. The molecule has 0 radical (unpaired) electrons. The summed E-state index contributed by atoms with van der Waals surface area (Å²) in [5.41, 5.74) is 0.561. The fourth-order valence-electron chi connectivity index (χ4n) is 3.64. The van der Waals surface area contributed by atoms with E-state index in [1.54, 1.807) is 11.3 Å². The van der Waals surface area contributed by atoms with Gasteiger partial charge in [-0.1, -0.05) is 31.9 Å². The van der Waals surface area contributed by atoms with Crippen LogP contribution in [0.3, 0.4) is 0 Å². The van der Waals surface area contributed by atoms with Crippen molar-refractivity contribution >= 4 is 27.5 Å². The normalized spacial score (nSPS) is 18.6. The number of fused-ring (bicyclic) bond motifs is 1. The van der Waals surface area contributed by atoms with Crippen LogP contribution in [0.4, 0.5) is 0 Å². The molecule has 2 heterocycles. The Morgan fingerprint density at radius 1 is 1.42 bits per heavy atom. The van der Waals surface area contributed by atoms with Crippen molar-refractivity contribution in [1.82, 2.24) is 15.2 Å². The fourth-order valence-corrected chi connectivity index (χ4v) is 4.74. The number of likely N-dealkylation sites (tertiary alicyclic amines) is 1. The van der Waals surface area contributed by atoms with Crippen molar-refractivity contribution in [3.8, 4) is 12.3 Å². The molecule has 0 bridgehead atoms. The molecule has 1 amide bonds. The standard InChI is InChI=1S/C21H27N3OS/c1-4-21(5-2,6-3)23-19(25)15-24-13-9-10-16(14-24)20-22-17-11-7-8-12-18(17)26-20/h1,7-8,11-12,16H,5-6,9-10,13-15H2,2-3H3,(H,23,25)/t16-/m0/s1. The second kappa shape index (κ2) is 8.20. The second-order valence-corrected chi connectivity index (χ2v) is 8.14. The van der Waals surface area contributed by atoms with Crippen LogP contribution in [-0.4, -0.2) is 41.0 Å². The number of aromatic nitrogens is 1. The van der Waals surface area contributed by atoms with Gasteiger partial charge in [0, 0.05) is 12.5 Å². The molecule has 4 nitrogen and oxygen atoms in total. The Balaban J connectivity index is 1.63. The van der Waals surface area contributed by atoms with Crippen molar-refractivity contribution in [3.05, 3.63) is 29.3 Å². The van der Waals surface area contributed by atoms with Crippen molar-refractivity contribution in [3.63, 3.8) is 0 Å². The minimum absolute atomic E-state index is 0.0246. The molecule has 1 saturated heterocycles. The third-order valence-corrected chi connectivity index (χ3v) is 6.59. The van der Waals surface area contributed by atoms with Gasteiger partial charge in [0.2, 0.25) is 5.91 Å². The van der Waals surface area contributed by atoms with Crippen molar-refractivity contribution in [2.24, 2.45) is 0 Å². The molecule has 138 valence electrons. The van der Waals surface area contributed by atoms with E-state index in [1.165, 1.54) is 9.71 Å². The summed E-state index contributed by atoms with van der Waals surface area (Å²) in [7, 11) is 0. The highest BCUT2D eigenvalue weighted by molar-refractivity contribution is 7.18. The molecule has 0 unspecified atom stereocenters. The number of hydrogen-bond donors (Lipinski definition) is 1. The number of hydrogen-bond acceptors (Lipinski definition) is 4. The first-order valence-corrected chi connectivity index (χ1v) is 10.3. The van der Waals surface area contributed by atoms with E-state index in [0.717, 1.165) is 44.3 Å². The number of carbonyl (C=O) groups excluding carboxylic acids is 1. The summed E-state index contributed by atoms with van der Waals surface area (Å²) in [6.07, 6.45) is 9.39. The van der Waals surface area contributed by atoms with Gasteiger partial charge in [0.05, 0.1) is 21.8 Å².